The summed E-state index contributed by atoms with van der Waals surface area (Å²) in [7, 11) is 0. The van der Waals surface area contributed by atoms with Gasteiger partial charge in [0, 0.05) is 11.0 Å². The van der Waals surface area contributed by atoms with Gasteiger partial charge in [0.15, 0.2) is 5.78 Å². The average Bonchev–Trinajstić information content (AvgIpc) is 3.11. The fourth-order valence-corrected chi connectivity index (χ4v) is 6.17. The van der Waals surface area contributed by atoms with Crippen molar-refractivity contribution in [3.8, 4) is 11.1 Å². The predicted molar refractivity (Wildman–Crippen MR) is 136 cm³/mol. The molecule has 172 valence electrons. The van der Waals surface area contributed by atoms with Crippen molar-refractivity contribution in [2.45, 2.75) is 96.4 Å². The van der Waals surface area contributed by atoms with Crippen molar-refractivity contribution in [2.24, 2.45) is 0 Å². The molecule has 0 atom stereocenters. The molecule has 0 amide bonds. The van der Waals surface area contributed by atoms with Crippen molar-refractivity contribution in [2.75, 3.05) is 13.1 Å². The van der Waals surface area contributed by atoms with Crippen LogP contribution in [0.5, 0.6) is 0 Å². The summed E-state index contributed by atoms with van der Waals surface area (Å²) in [6.45, 7) is 10.9. The Balaban J connectivity index is 1.78. The van der Waals surface area contributed by atoms with E-state index >= 15 is 0 Å². The summed E-state index contributed by atoms with van der Waals surface area (Å²) in [5.74, 6) is 0.276. The molecule has 1 fully saturated rings. The Bertz CT molecular complexity index is 943. The van der Waals surface area contributed by atoms with Gasteiger partial charge in [-0.3, -0.25) is 9.69 Å². The maximum atomic E-state index is 13.8. The van der Waals surface area contributed by atoms with Crippen LogP contribution in [0, 0.1) is 0 Å². The van der Waals surface area contributed by atoms with Crippen molar-refractivity contribution >= 4 is 5.78 Å². The van der Waals surface area contributed by atoms with Gasteiger partial charge in [0.05, 0.1) is 5.54 Å². The summed E-state index contributed by atoms with van der Waals surface area (Å²) in [5, 5.41) is 0. The molecule has 2 aliphatic rings. The maximum absolute atomic E-state index is 13.8. The summed E-state index contributed by atoms with van der Waals surface area (Å²) < 4.78 is 0. The number of fused-ring (bicyclic) bond motifs is 3. The Kier molecular flexibility index (Phi) is 6.91. The van der Waals surface area contributed by atoms with Gasteiger partial charge in [-0.15, -0.1) is 0 Å². The number of unbranched alkanes of at least 4 members (excludes halogenated alkanes) is 2. The van der Waals surface area contributed by atoms with Gasteiger partial charge in [-0.2, -0.15) is 0 Å². The first-order valence-corrected chi connectivity index (χ1v) is 13.0. The third kappa shape index (κ3) is 3.96. The number of nitrogens with zero attached hydrogens (tertiary/aromatic N) is 1. The zero-order valence-corrected chi connectivity index (χ0v) is 20.7. The number of benzene rings is 2. The Morgan fingerprint density at radius 2 is 1.50 bits per heavy atom. The van der Waals surface area contributed by atoms with E-state index in [9.17, 15) is 4.79 Å². The highest BCUT2D eigenvalue weighted by atomic mass is 16.1. The van der Waals surface area contributed by atoms with Crippen LogP contribution in [0.2, 0.25) is 0 Å². The van der Waals surface area contributed by atoms with E-state index in [0.717, 1.165) is 18.7 Å². The fraction of sp³-hybridized carbons (Fsp3) is 0.567. The number of carbonyl (C=O) groups is 1. The van der Waals surface area contributed by atoms with Gasteiger partial charge in [0.25, 0.3) is 0 Å². The molecule has 2 aromatic carbocycles. The monoisotopic (exact) mass is 431 g/mol. The zero-order chi connectivity index (χ0) is 22.8. The molecule has 0 spiro atoms. The second-order valence-corrected chi connectivity index (χ2v) is 10.5. The molecule has 1 aliphatic heterocycles. The number of Topliss-reactive ketones (excluding diaryl/α,β-unsaturated/α-hetero) is 1. The van der Waals surface area contributed by atoms with Gasteiger partial charge in [-0.1, -0.05) is 82.3 Å². The average molecular weight is 432 g/mol. The summed E-state index contributed by atoms with van der Waals surface area (Å²) in [5.41, 5.74) is 6.10. The Morgan fingerprint density at radius 1 is 0.875 bits per heavy atom. The van der Waals surface area contributed by atoms with Gasteiger partial charge in [-0.25, -0.2) is 0 Å². The van der Waals surface area contributed by atoms with Crippen LogP contribution in [-0.4, -0.2) is 29.3 Å². The van der Waals surface area contributed by atoms with Gasteiger partial charge >= 0.3 is 0 Å². The topological polar surface area (TPSA) is 20.3 Å². The van der Waals surface area contributed by atoms with Crippen LogP contribution in [0.4, 0.5) is 0 Å². The zero-order valence-electron chi connectivity index (χ0n) is 20.7. The molecule has 32 heavy (non-hydrogen) atoms. The minimum atomic E-state index is -0.449. The third-order valence-corrected chi connectivity index (χ3v) is 8.15. The Labute approximate surface area is 195 Å². The molecule has 0 saturated carbocycles. The number of likely N-dealkylation sites (tertiary alicyclic amines) is 1. The second-order valence-electron chi connectivity index (χ2n) is 10.5. The van der Waals surface area contributed by atoms with Gasteiger partial charge in [-0.05, 0) is 80.9 Å². The van der Waals surface area contributed by atoms with Gasteiger partial charge in [0.1, 0.15) is 0 Å². The standard InChI is InChI=1S/C30H41NO/c1-5-7-18-30(19-8-6-2)26-15-11-10-14-24(26)25-17-16-23(22-27(25)30)28(32)29(3,4)31-20-12-9-13-21-31/h10-11,14-17,22H,5-9,12-13,18-21H2,1-4H3. The van der Waals surface area contributed by atoms with E-state index in [0.29, 0.717) is 0 Å². The van der Waals surface area contributed by atoms with Crippen molar-refractivity contribution in [1.82, 2.24) is 4.90 Å². The molecule has 4 rings (SSSR count). The van der Waals surface area contributed by atoms with Crippen molar-refractivity contribution in [3.05, 3.63) is 59.2 Å². The summed E-state index contributed by atoms with van der Waals surface area (Å²) in [4.78, 5) is 16.2. The highest BCUT2D eigenvalue weighted by Crippen LogP contribution is 2.54. The molecule has 1 aliphatic carbocycles. The minimum absolute atomic E-state index is 0.0451. The number of hydrogen-bond donors (Lipinski definition) is 0. The van der Waals surface area contributed by atoms with E-state index in [-0.39, 0.29) is 11.2 Å². The predicted octanol–water partition coefficient (Wildman–Crippen LogP) is 7.78. The molecule has 2 aromatic rings. The summed E-state index contributed by atoms with van der Waals surface area (Å²) in [6.07, 6.45) is 10.9. The number of hydrogen-bond acceptors (Lipinski definition) is 2. The molecule has 2 heteroatoms. The lowest BCUT2D eigenvalue weighted by Gasteiger charge is -2.40. The third-order valence-electron chi connectivity index (χ3n) is 8.15. The SMILES string of the molecule is CCCCC1(CCCC)c2ccccc2-c2ccc(C(=O)C(C)(C)N3CCCCC3)cc21. The molecule has 2 nitrogen and oxygen atoms in total. The number of carbonyl (C=O) groups excluding carboxylic acids is 1. The molecule has 0 radical (unpaired) electrons. The molecule has 1 heterocycles. The van der Waals surface area contributed by atoms with E-state index in [1.807, 2.05) is 0 Å². The first-order chi connectivity index (χ1) is 15.5. The van der Waals surface area contributed by atoms with Crippen LogP contribution in [-0.2, 0) is 5.41 Å². The van der Waals surface area contributed by atoms with E-state index in [1.54, 1.807) is 0 Å². The Morgan fingerprint density at radius 3 is 2.16 bits per heavy atom. The molecule has 0 unspecified atom stereocenters. The van der Waals surface area contributed by atoms with Crippen LogP contribution < -0.4 is 0 Å². The first-order valence-electron chi connectivity index (χ1n) is 13.0. The van der Waals surface area contributed by atoms with E-state index < -0.39 is 5.54 Å². The molecule has 0 bridgehead atoms. The summed E-state index contributed by atoms with van der Waals surface area (Å²) >= 11 is 0. The minimum Gasteiger partial charge on any atom is -0.292 e. The van der Waals surface area contributed by atoms with Gasteiger partial charge in [0.2, 0.25) is 0 Å². The smallest absolute Gasteiger partial charge is 0.182 e. The lowest BCUT2D eigenvalue weighted by molar-refractivity contribution is 0.0579. The maximum Gasteiger partial charge on any atom is 0.182 e. The van der Waals surface area contributed by atoms with Crippen LogP contribution in [0.25, 0.3) is 11.1 Å². The van der Waals surface area contributed by atoms with E-state index in [1.165, 1.54) is 80.0 Å². The first kappa shape index (κ1) is 23.2. The van der Waals surface area contributed by atoms with E-state index in [4.69, 9.17) is 0 Å². The van der Waals surface area contributed by atoms with E-state index in [2.05, 4.69) is 75.1 Å². The van der Waals surface area contributed by atoms with Crippen LogP contribution >= 0.6 is 0 Å². The largest absolute Gasteiger partial charge is 0.292 e. The summed E-state index contributed by atoms with van der Waals surface area (Å²) in [6, 6.07) is 15.6. The van der Waals surface area contributed by atoms with Gasteiger partial charge < -0.3 is 0 Å². The van der Waals surface area contributed by atoms with Crippen LogP contribution in [0.3, 0.4) is 0 Å². The van der Waals surface area contributed by atoms with Crippen LogP contribution in [0.15, 0.2) is 42.5 Å². The van der Waals surface area contributed by atoms with Crippen molar-refractivity contribution < 1.29 is 4.79 Å². The molecule has 0 N–H and O–H groups in total. The van der Waals surface area contributed by atoms with Crippen molar-refractivity contribution in [1.29, 1.82) is 0 Å². The second kappa shape index (κ2) is 9.51. The highest BCUT2D eigenvalue weighted by Gasteiger charge is 2.43. The molecular formula is C30H41NO. The molecule has 1 saturated heterocycles. The lowest BCUT2D eigenvalue weighted by Crippen LogP contribution is -2.52. The molecular weight excluding hydrogens is 390 g/mol. The van der Waals surface area contributed by atoms with Crippen LogP contribution in [0.1, 0.15) is 107 Å². The molecule has 0 aromatic heterocycles. The highest BCUT2D eigenvalue weighted by molar-refractivity contribution is 6.03. The quantitative estimate of drug-likeness (QED) is 0.378. The van der Waals surface area contributed by atoms with Crippen molar-refractivity contribution in [3.63, 3.8) is 0 Å². The normalized spacial score (nSPS) is 17.8. The Hall–Kier alpha value is -1.93. The number of rotatable bonds is 9. The lowest BCUT2D eigenvalue weighted by atomic mass is 9.70. The number of piperidine rings is 1. The fourth-order valence-electron chi connectivity index (χ4n) is 6.17. The number of ketones is 1.